The van der Waals surface area contributed by atoms with E-state index in [0.717, 1.165) is 5.56 Å². The van der Waals surface area contributed by atoms with Crippen LogP contribution in [0.2, 0.25) is 0 Å². The van der Waals surface area contributed by atoms with E-state index in [4.69, 9.17) is 4.42 Å². The SMILES string of the molecule is CC(NC(=O)c1cccc(NC=O)c1O)c1ncc(-c2ccccc2)o1. The number of aromatic hydroxyl groups is 1. The van der Waals surface area contributed by atoms with Crippen LogP contribution in [0.15, 0.2) is 59.1 Å². The predicted octanol–water partition coefficient (Wildman–Crippen LogP) is 3.11. The Balaban J connectivity index is 1.75. The second-order valence-corrected chi connectivity index (χ2v) is 5.59. The summed E-state index contributed by atoms with van der Waals surface area (Å²) < 4.78 is 5.71. The summed E-state index contributed by atoms with van der Waals surface area (Å²) in [6.07, 6.45) is 2.02. The third kappa shape index (κ3) is 3.56. The van der Waals surface area contributed by atoms with E-state index >= 15 is 0 Å². The normalized spacial score (nSPS) is 11.6. The zero-order valence-electron chi connectivity index (χ0n) is 14.0. The molecule has 0 bridgehead atoms. The van der Waals surface area contributed by atoms with E-state index in [1.807, 2.05) is 30.3 Å². The monoisotopic (exact) mass is 351 g/mol. The number of amides is 2. The molecule has 1 unspecified atom stereocenters. The molecular formula is C19H17N3O4. The lowest BCUT2D eigenvalue weighted by molar-refractivity contribution is -0.105. The van der Waals surface area contributed by atoms with E-state index in [-0.39, 0.29) is 17.0 Å². The summed E-state index contributed by atoms with van der Waals surface area (Å²) in [5, 5.41) is 15.2. The number of carbonyl (C=O) groups excluding carboxylic acids is 2. The Morgan fingerprint density at radius 3 is 2.69 bits per heavy atom. The number of benzene rings is 2. The molecule has 0 aliphatic carbocycles. The fraction of sp³-hybridized carbons (Fsp3) is 0.105. The Morgan fingerprint density at radius 2 is 1.96 bits per heavy atom. The van der Waals surface area contributed by atoms with Gasteiger partial charge in [0.05, 0.1) is 17.4 Å². The molecule has 3 N–H and O–H groups in total. The second-order valence-electron chi connectivity index (χ2n) is 5.59. The van der Waals surface area contributed by atoms with Crippen molar-refractivity contribution in [3.05, 3.63) is 66.2 Å². The van der Waals surface area contributed by atoms with Crippen molar-refractivity contribution in [2.45, 2.75) is 13.0 Å². The van der Waals surface area contributed by atoms with Crippen LogP contribution < -0.4 is 10.6 Å². The smallest absolute Gasteiger partial charge is 0.255 e. The highest BCUT2D eigenvalue weighted by molar-refractivity contribution is 5.99. The van der Waals surface area contributed by atoms with Crippen LogP contribution in [-0.4, -0.2) is 22.4 Å². The lowest BCUT2D eigenvalue weighted by Crippen LogP contribution is -2.27. The molecule has 2 amide bonds. The Kier molecular flexibility index (Phi) is 4.98. The molecule has 7 nitrogen and oxygen atoms in total. The van der Waals surface area contributed by atoms with Crippen LogP contribution in [-0.2, 0) is 4.79 Å². The van der Waals surface area contributed by atoms with Crippen LogP contribution in [0, 0.1) is 0 Å². The van der Waals surface area contributed by atoms with E-state index in [2.05, 4.69) is 15.6 Å². The van der Waals surface area contributed by atoms with Gasteiger partial charge in [0.1, 0.15) is 6.04 Å². The maximum absolute atomic E-state index is 12.4. The lowest BCUT2D eigenvalue weighted by Gasteiger charge is -2.12. The van der Waals surface area contributed by atoms with Crippen LogP contribution >= 0.6 is 0 Å². The van der Waals surface area contributed by atoms with Crippen LogP contribution in [0.4, 0.5) is 5.69 Å². The van der Waals surface area contributed by atoms with Crippen molar-refractivity contribution in [3.63, 3.8) is 0 Å². The van der Waals surface area contributed by atoms with Crippen LogP contribution in [0.25, 0.3) is 11.3 Å². The molecule has 7 heteroatoms. The summed E-state index contributed by atoms with van der Waals surface area (Å²) in [6, 6.07) is 13.5. The fourth-order valence-corrected chi connectivity index (χ4v) is 2.47. The summed E-state index contributed by atoms with van der Waals surface area (Å²) in [6.45, 7) is 1.73. The zero-order valence-corrected chi connectivity index (χ0v) is 14.0. The number of carbonyl (C=O) groups is 2. The first-order valence-corrected chi connectivity index (χ1v) is 7.94. The van der Waals surface area contributed by atoms with Gasteiger partial charge in [-0.15, -0.1) is 0 Å². The molecule has 0 radical (unpaired) electrons. The summed E-state index contributed by atoms with van der Waals surface area (Å²) in [5.74, 6) is 0.131. The van der Waals surface area contributed by atoms with Crippen molar-refractivity contribution in [1.82, 2.24) is 10.3 Å². The van der Waals surface area contributed by atoms with Crippen molar-refractivity contribution >= 4 is 18.0 Å². The van der Waals surface area contributed by atoms with Gasteiger partial charge >= 0.3 is 0 Å². The van der Waals surface area contributed by atoms with E-state index in [1.165, 1.54) is 12.1 Å². The number of rotatable bonds is 6. The first-order valence-electron chi connectivity index (χ1n) is 7.94. The maximum atomic E-state index is 12.4. The first kappa shape index (κ1) is 17.2. The number of phenolic OH excluding ortho intramolecular Hbond substituents is 1. The molecule has 1 heterocycles. The standard InChI is InChI=1S/C19H17N3O4/c1-12(19-20-10-16(26-19)13-6-3-2-4-7-13)22-18(25)14-8-5-9-15(17(14)24)21-11-23/h2-12,24H,1H3,(H,21,23)(H,22,25). The topological polar surface area (TPSA) is 104 Å². The van der Waals surface area contributed by atoms with Crippen LogP contribution in [0.3, 0.4) is 0 Å². The summed E-state index contributed by atoms with van der Waals surface area (Å²) in [5.41, 5.74) is 1.08. The molecular weight excluding hydrogens is 334 g/mol. The molecule has 1 atom stereocenters. The van der Waals surface area contributed by atoms with Crippen molar-refractivity contribution in [1.29, 1.82) is 0 Å². The van der Waals surface area contributed by atoms with Crippen molar-refractivity contribution in [3.8, 4) is 17.1 Å². The van der Waals surface area contributed by atoms with Gasteiger partial charge in [0.25, 0.3) is 5.91 Å². The highest BCUT2D eigenvalue weighted by Crippen LogP contribution is 2.28. The summed E-state index contributed by atoms with van der Waals surface area (Å²) in [4.78, 5) is 27.2. The Bertz CT molecular complexity index is 922. The minimum Gasteiger partial charge on any atom is -0.505 e. The third-order valence-electron chi connectivity index (χ3n) is 3.79. The molecule has 0 aliphatic rings. The van der Waals surface area contributed by atoms with E-state index in [9.17, 15) is 14.7 Å². The third-order valence-corrected chi connectivity index (χ3v) is 3.79. The minimum absolute atomic E-state index is 0.0403. The average Bonchev–Trinajstić information content (AvgIpc) is 3.14. The van der Waals surface area contributed by atoms with Gasteiger partial charge in [0.2, 0.25) is 12.3 Å². The van der Waals surface area contributed by atoms with Crippen molar-refractivity contribution < 1.29 is 19.1 Å². The molecule has 0 aliphatic heterocycles. The fourth-order valence-electron chi connectivity index (χ4n) is 2.47. The van der Waals surface area contributed by atoms with Crippen LogP contribution in [0.1, 0.15) is 29.2 Å². The number of para-hydroxylation sites is 1. The predicted molar refractivity (Wildman–Crippen MR) is 95.6 cm³/mol. The molecule has 2 aromatic carbocycles. The number of anilines is 1. The first-order chi connectivity index (χ1) is 12.6. The molecule has 0 saturated heterocycles. The van der Waals surface area contributed by atoms with Gasteiger partial charge in [0, 0.05) is 5.56 Å². The van der Waals surface area contributed by atoms with Crippen molar-refractivity contribution in [2.75, 3.05) is 5.32 Å². The van der Waals surface area contributed by atoms with E-state index in [1.54, 1.807) is 19.2 Å². The largest absolute Gasteiger partial charge is 0.505 e. The van der Waals surface area contributed by atoms with Gasteiger partial charge in [0.15, 0.2) is 11.5 Å². The number of nitrogens with zero attached hydrogens (tertiary/aromatic N) is 1. The maximum Gasteiger partial charge on any atom is 0.255 e. The van der Waals surface area contributed by atoms with Crippen LogP contribution in [0.5, 0.6) is 5.75 Å². The zero-order chi connectivity index (χ0) is 18.5. The number of hydrogen-bond acceptors (Lipinski definition) is 5. The molecule has 26 heavy (non-hydrogen) atoms. The van der Waals surface area contributed by atoms with Crippen molar-refractivity contribution in [2.24, 2.45) is 0 Å². The molecule has 0 spiro atoms. The molecule has 132 valence electrons. The Hall–Kier alpha value is -3.61. The minimum atomic E-state index is -0.512. The van der Waals surface area contributed by atoms with Gasteiger partial charge in [-0.3, -0.25) is 9.59 Å². The molecule has 0 saturated carbocycles. The van der Waals surface area contributed by atoms with E-state index in [0.29, 0.717) is 18.1 Å². The van der Waals surface area contributed by atoms with Gasteiger partial charge in [-0.25, -0.2) is 4.98 Å². The lowest BCUT2D eigenvalue weighted by atomic mass is 10.1. The Morgan fingerprint density at radius 1 is 1.19 bits per heavy atom. The van der Waals surface area contributed by atoms with Gasteiger partial charge in [-0.05, 0) is 19.1 Å². The number of oxazole rings is 1. The number of aromatic nitrogens is 1. The van der Waals surface area contributed by atoms with Gasteiger partial charge in [-0.1, -0.05) is 36.4 Å². The summed E-state index contributed by atoms with van der Waals surface area (Å²) in [7, 11) is 0. The average molecular weight is 351 g/mol. The molecule has 3 rings (SSSR count). The number of hydrogen-bond donors (Lipinski definition) is 3. The highest BCUT2D eigenvalue weighted by atomic mass is 16.4. The second kappa shape index (κ2) is 7.52. The Labute approximate surface area is 149 Å². The van der Waals surface area contributed by atoms with Gasteiger partial charge in [-0.2, -0.15) is 0 Å². The molecule has 1 aromatic heterocycles. The highest BCUT2D eigenvalue weighted by Gasteiger charge is 2.19. The number of nitrogens with one attached hydrogen (secondary N) is 2. The number of phenols is 1. The van der Waals surface area contributed by atoms with E-state index < -0.39 is 11.9 Å². The molecule has 3 aromatic rings. The summed E-state index contributed by atoms with van der Waals surface area (Å²) >= 11 is 0. The van der Waals surface area contributed by atoms with Gasteiger partial charge < -0.3 is 20.2 Å². The quantitative estimate of drug-likeness (QED) is 0.467. The molecule has 0 fully saturated rings.